The van der Waals surface area contributed by atoms with Crippen molar-refractivity contribution in [3.8, 4) is 11.5 Å². The van der Waals surface area contributed by atoms with E-state index in [4.69, 9.17) is 14.2 Å². The minimum absolute atomic E-state index is 0.0181. The van der Waals surface area contributed by atoms with Gasteiger partial charge in [-0.3, -0.25) is 9.59 Å². The van der Waals surface area contributed by atoms with Crippen molar-refractivity contribution >= 4 is 23.2 Å². The zero-order valence-electron chi connectivity index (χ0n) is 21.0. The van der Waals surface area contributed by atoms with Gasteiger partial charge in [-0.1, -0.05) is 18.9 Å². The molecular weight excluding hydrogens is 476 g/mol. The quantitative estimate of drug-likeness (QED) is 0.496. The zero-order valence-corrected chi connectivity index (χ0v) is 21.8. The second-order valence-electron chi connectivity index (χ2n) is 9.98. The number of ether oxygens (including phenoxy) is 3. The molecule has 1 aromatic heterocycles. The first kappa shape index (κ1) is 25.1. The number of hydrogen-bond donors (Lipinski definition) is 0. The van der Waals surface area contributed by atoms with E-state index in [1.807, 2.05) is 29.2 Å². The largest absolute Gasteiger partial charge is 0.497 e. The summed E-state index contributed by atoms with van der Waals surface area (Å²) >= 11 is 1.73. The number of amides is 2. The molecule has 0 N–H and O–H groups in total. The van der Waals surface area contributed by atoms with E-state index in [1.54, 1.807) is 23.3 Å². The predicted octanol–water partition coefficient (Wildman–Crippen LogP) is 4.46. The molecule has 5 rings (SSSR count). The Bertz CT molecular complexity index is 1040. The van der Waals surface area contributed by atoms with Gasteiger partial charge in [0.05, 0.1) is 25.8 Å². The van der Waals surface area contributed by atoms with Crippen LogP contribution in [0, 0.1) is 5.92 Å². The van der Waals surface area contributed by atoms with Crippen molar-refractivity contribution in [3.05, 3.63) is 46.2 Å². The first-order valence-corrected chi connectivity index (χ1v) is 14.0. The summed E-state index contributed by atoms with van der Waals surface area (Å²) in [6.45, 7) is 2.32. The summed E-state index contributed by atoms with van der Waals surface area (Å²) in [5, 5.41) is 2.09. The van der Waals surface area contributed by atoms with E-state index in [0.717, 1.165) is 62.9 Å². The Kier molecular flexibility index (Phi) is 8.12. The third kappa shape index (κ3) is 5.70. The lowest BCUT2D eigenvalue weighted by Gasteiger charge is -2.37. The molecule has 1 aliphatic carbocycles. The van der Waals surface area contributed by atoms with E-state index in [1.165, 1.54) is 4.88 Å². The molecule has 2 aromatic rings. The van der Waals surface area contributed by atoms with E-state index in [9.17, 15) is 9.59 Å². The van der Waals surface area contributed by atoms with Crippen LogP contribution in [0.2, 0.25) is 0 Å². The summed E-state index contributed by atoms with van der Waals surface area (Å²) in [5.74, 6) is 1.58. The Hall–Kier alpha value is -2.58. The van der Waals surface area contributed by atoms with Gasteiger partial charge in [0, 0.05) is 36.6 Å². The standard InChI is InChI=1S/C28H36N2O5S/c1-33-21-8-4-9-22(16-21)35-19-25-24-12-15-36-26(24)11-13-30(25)27(31)18-29(17-23-10-5-14-34-23)28(32)20-6-2-3-7-20/h4,8-9,12,15-16,20,23,25H,2-3,5-7,10-11,13-14,17-19H2,1H3/t23-,25-/m1/s1. The number of carbonyl (C=O) groups is 2. The van der Waals surface area contributed by atoms with Crippen molar-refractivity contribution in [2.24, 2.45) is 5.92 Å². The first-order valence-electron chi connectivity index (χ1n) is 13.2. The average molecular weight is 513 g/mol. The second kappa shape index (κ2) is 11.6. The van der Waals surface area contributed by atoms with E-state index in [0.29, 0.717) is 25.4 Å². The molecule has 3 heterocycles. The minimum atomic E-state index is -0.190. The van der Waals surface area contributed by atoms with Gasteiger partial charge < -0.3 is 24.0 Å². The molecule has 36 heavy (non-hydrogen) atoms. The van der Waals surface area contributed by atoms with Gasteiger partial charge in [-0.25, -0.2) is 0 Å². The molecule has 1 saturated carbocycles. The van der Waals surface area contributed by atoms with E-state index in [2.05, 4.69) is 11.4 Å². The van der Waals surface area contributed by atoms with Crippen LogP contribution in [0.25, 0.3) is 0 Å². The maximum Gasteiger partial charge on any atom is 0.242 e. The van der Waals surface area contributed by atoms with Crippen LogP contribution in [0.5, 0.6) is 11.5 Å². The topological polar surface area (TPSA) is 68.3 Å². The van der Waals surface area contributed by atoms with E-state index >= 15 is 0 Å². The number of hydrogen-bond acceptors (Lipinski definition) is 6. The van der Waals surface area contributed by atoms with Gasteiger partial charge in [0.15, 0.2) is 0 Å². The van der Waals surface area contributed by atoms with Crippen molar-refractivity contribution in [1.29, 1.82) is 0 Å². The Morgan fingerprint density at radius 1 is 1.14 bits per heavy atom. The highest BCUT2D eigenvalue weighted by molar-refractivity contribution is 7.10. The van der Waals surface area contributed by atoms with Crippen LogP contribution in [0.15, 0.2) is 35.7 Å². The molecule has 2 amide bonds. The molecule has 1 saturated heterocycles. The molecule has 0 spiro atoms. The van der Waals surface area contributed by atoms with Crippen LogP contribution >= 0.6 is 11.3 Å². The maximum absolute atomic E-state index is 13.8. The van der Waals surface area contributed by atoms with E-state index in [-0.39, 0.29) is 36.4 Å². The van der Waals surface area contributed by atoms with Crippen LogP contribution in [0.4, 0.5) is 0 Å². The highest BCUT2D eigenvalue weighted by atomic mass is 32.1. The van der Waals surface area contributed by atoms with Gasteiger partial charge >= 0.3 is 0 Å². The fourth-order valence-corrected chi connectivity index (χ4v) is 6.62. The number of rotatable bonds is 9. The molecule has 3 aliphatic rings. The fourth-order valence-electron chi connectivity index (χ4n) is 5.69. The summed E-state index contributed by atoms with van der Waals surface area (Å²) in [6.07, 6.45) is 6.85. The Morgan fingerprint density at radius 2 is 1.97 bits per heavy atom. The number of fused-ring (bicyclic) bond motifs is 1. The van der Waals surface area contributed by atoms with Gasteiger partial charge in [0.2, 0.25) is 11.8 Å². The van der Waals surface area contributed by atoms with Crippen LogP contribution in [0.3, 0.4) is 0 Å². The van der Waals surface area contributed by atoms with Crippen LogP contribution in [0.1, 0.15) is 55.0 Å². The third-order valence-corrected chi connectivity index (χ3v) is 8.65. The molecule has 2 aliphatic heterocycles. The summed E-state index contributed by atoms with van der Waals surface area (Å²) in [6, 6.07) is 9.44. The monoisotopic (exact) mass is 512 g/mol. The van der Waals surface area contributed by atoms with Gasteiger partial charge in [0.25, 0.3) is 0 Å². The van der Waals surface area contributed by atoms with Crippen LogP contribution in [-0.4, -0.2) is 67.7 Å². The summed E-state index contributed by atoms with van der Waals surface area (Å²) in [4.78, 5) is 32.2. The lowest BCUT2D eigenvalue weighted by Crippen LogP contribution is -2.50. The predicted molar refractivity (Wildman–Crippen MR) is 138 cm³/mol. The lowest BCUT2D eigenvalue weighted by molar-refractivity contribution is -0.146. The van der Waals surface area contributed by atoms with E-state index < -0.39 is 0 Å². The van der Waals surface area contributed by atoms with Gasteiger partial charge in [0.1, 0.15) is 18.1 Å². The second-order valence-corrected chi connectivity index (χ2v) is 11.0. The van der Waals surface area contributed by atoms with Crippen molar-refractivity contribution in [1.82, 2.24) is 9.80 Å². The molecule has 0 radical (unpaired) electrons. The smallest absolute Gasteiger partial charge is 0.242 e. The van der Waals surface area contributed by atoms with Gasteiger partial charge in [-0.05, 0) is 61.2 Å². The number of thiophene rings is 1. The van der Waals surface area contributed by atoms with Crippen molar-refractivity contribution in [3.63, 3.8) is 0 Å². The highest BCUT2D eigenvalue weighted by Crippen LogP contribution is 2.35. The normalized spacial score (nSPS) is 21.9. The molecule has 0 bridgehead atoms. The Labute approximate surface area is 217 Å². The third-order valence-electron chi connectivity index (χ3n) is 7.65. The molecule has 7 nitrogen and oxygen atoms in total. The van der Waals surface area contributed by atoms with Gasteiger partial charge in [-0.2, -0.15) is 0 Å². The molecule has 0 unspecified atom stereocenters. The number of carbonyl (C=O) groups excluding carboxylic acids is 2. The number of benzene rings is 1. The SMILES string of the molecule is COc1cccc(OC[C@@H]2c3ccsc3CCN2C(=O)CN(C[C@H]2CCCO2)C(=O)C2CCCC2)c1. The number of methoxy groups -OCH3 is 1. The van der Waals surface area contributed by atoms with Crippen LogP contribution in [-0.2, 0) is 20.7 Å². The zero-order chi connectivity index (χ0) is 24.9. The van der Waals surface area contributed by atoms with Gasteiger partial charge in [-0.15, -0.1) is 11.3 Å². The summed E-state index contributed by atoms with van der Waals surface area (Å²) in [7, 11) is 1.63. The summed E-state index contributed by atoms with van der Waals surface area (Å²) in [5.41, 5.74) is 1.15. The lowest BCUT2D eigenvalue weighted by atomic mass is 10.00. The Morgan fingerprint density at radius 3 is 2.75 bits per heavy atom. The van der Waals surface area contributed by atoms with Crippen LogP contribution < -0.4 is 9.47 Å². The molecule has 2 fully saturated rings. The molecular formula is C28H36N2O5S. The molecule has 8 heteroatoms. The summed E-state index contributed by atoms with van der Waals surface area (Å²) < 4.78 is 17.3. The first-order chi connectivity index (χ1) is 17.6. The van der Waals surface area contributed by atoms with Crippen molar-refractivity contribution < 1.29 is 23.8 Å². The molecule has 1 aromatic carbocycles. The minimum Gasteiger partial charge on any atom is -0.497 e. The van der Waals surface area contributed by atoms with Crippen molar-refractivity contribution in [2.45, 2.75) is 57.1 Å². The highest BCUT2D eigenvalue weighted by Gasteiger charge is 2.36. The van der Waals surface area contributed by atoms with Crippen molar-refractivity contribution in [2.75, 3.05) is 40.0 Å². The molecule has 2 atom stereocenters. The fraction of sp³-hybridized carbons (Fsp3) is 0.571. The average Bonchev–Trinajstić information content (AvgIpc) is 3.69. The maximum atomic E-state index is 13.8. The Balaban J connectivity index is 1.31. The molecule has 194 valence electrons. The number of nitrogens with zero attached hydrogens (tertiary/aromatic N) is 2.